The van der Waals surface area contributed by atoms with Crippen LogP contribution >= 0.6 is 0 Å². The first kappa shape index (κ1) is 27.8. The lowest BCUT2D eigenvalue weighted by molar-refractivity contribution is -0.137. The van der Waals surface area contributed by atoms with Crippen LogP contribution in [-0.4, -0.2) is 49.6 Å². The van der Waals surface area contributed by atoms with Gasteiger partial charge in [-0.1, -0.05) is 13.8 Å². The third-order valence-electron chi connectivity index (χ3n) is 8.30. The second-order valence-corrected chi connectivity index (χ2v) is 13.0. The van der Waals surface area contributed by atoms with E-state index in [4.69, 9.17) is 9.84 Å². The molecule has 2 aromatic heterocycles. The maximum Gasteiger partial charge on any atom is 0.417 e. The summed E-state index contributed by atoms with van der Waals surface area (Å²) in [4.78, 5) is 18.9. The number of fused-ring (bicyclic) bond motifs is 2. The Morgan fingerprint density at radius 3 is 2.29 bits per heavy atom. The fourth-order valence-electron chi connectivity index (χ4n) is 6.40. The molecule has 2 unspecified atom stereocenters. The van der Waals surface area contributed by atoms with Crippen molar-refractivity contribution in [2.24, 2.45) is 11.8 Å². The summed E-state index contributed by atoms with van der Waals surface area (Å²) in [6.07, 6.45) is -3.54. The molecular weight excluding hydrogens is 540 g/mol. The van der Waals surface area contributed by atoms with E-state index in [9.17, 15) is 23.1 Å². The third kappa shape index (κ3) is 4.70. The lowest BCUT2D eigenvalue weighted by Crippen LogP contribution is -2.36. The number of carbonyl (C=O) groups excluding carboxylic acids is 1. The Morgan fingerprint density at radius 2 is 1.76 bits per heavy atom. The summed E-state index contributed by atoms with van der Waals surface area (Å²) in [6, 6.07) is 1.92. The summed E-state index contributed by atoms with van der Waals surface area (Å²) < 4.78 is 66.3. The van der Waals surface area contributed by atoms with Gasteiger partial charge in [0, 0.05) is 30.0 Å². The Morgan fingerprint density at radius 1 is 1.12 bits per heavy atom. The molecule has 1 amide bonds. The molecule has 2 atom stereocenters. The number of pyridine rings is 1. The lowest BCUT2D eigenvalue weighted by atomic mass is 9.94. The SMILES string of the molecule is Cc1cc(O)cc(-c2nc(C(C)C)c3c(C4C5CN(C(=O)OC(C)(C)C)CC54)nn(C4CC4)c3c2F)c1C(F)(F)F. The van der Waals surface area contributed by atoms with Crippen LogP contribution in [0.3, 0.4) is 0 Å². The minimum absolute atomic E-state index is 0.00510. The number of ether oxygens (including phenoxy) is 1. The van der Waals surface area contributed by atoms with E-state index in [-0.39, 0.29) is 46.9 Å². The van der Waals surface area contributed by atoms with Crippen molar-refractivity contribution in [3.05, 3.63) is 40.5 Å². The lowest BCUT2D eigenvalue weighted by Gasteiger charge is -2.25. The average molecular weight is 575 g/mol. The predicted octanol–water partition coefficient (Wildman–Crippen LogP) is 7.31. The minimum atomic E-state index is -4.78. The number of hydrogen-bond acceptors (Lipinski definition) is 5. The maximum atomic E-state index is 16.5. The van der Waals surface area contributed by atoms with Crippen LogP contribution in [0.5, 0.6) is 5.75 Å². The molecule has 220 valence electrons. The molecule has 3 aromatic rings. The molecule has 2 aliphatic carbocycles. The van der Waals surface area contributed by atoms with Crippen molar-refractivity contribution >= 4 is 17.0 Å². The Hall–Kier alpha value is -3.37. The molecule has 41 heavy (non-hydrogen) atoms. The highest BCUT2D eigenvalue weighted by molar-refractivity contribution is 5.90. The molecule has 0 radical (unpaired) electrons. The average Bonchev–Trinajstić information content (AvgIpc) is 3.71. The fraction of sp³-hybridized carbons (Fsp3) is 0.567. The van der Waals surface area contributed by atoms with Gasteiger partial charge in [0.2, 0.25) is 0 Å². The van der Waals surface area contributed by atoms with E-state index in [1.54, 1.807) is 9.58 Å². The zero-order chi connectivity index (χ0) is 29.8. The number of amides is 1. The van der Waals surface area contributed by atoms with E-state index in [1.807, 2.05) is 34.6 Å². The van der Waals surface area contributed by atoms with Gasteiger partial charge in [0.1, 0.15) is 22.6 Å². The van der Waals surface area contributed by atoms with Gasteiger partial charge in [-0.25, -0.2) is 14.2 Å². The van der Waals surface area contributed by atoms with Crippen molar-refractivity contribution in [1.82, 2.24) is 19.7 Å². The maximum absolute atomic E-state index is 16.5. The zero-order valence-electron chi connectivity index (χ0n) is 23.9. The van der Waals surface area contributed by atoms with E-state index in [1.165, 1.54) is 6.92 Å². The van der Waals surface area contributed by atoms with E-state index >= 15 is 4.39 Å². The Bertz CT molecular complexity index is 1560. The molecule has 6 rings (SSSR count). The number of phenols is 1. The standard InChI is InChI=1S/C30H34F4N4O3/c1-13(2)24-21-26(20-18-11-37(12-19(18)20)28(40)41-29(4,5)6)36-38(15-7-8-15)27(21)23(31)25(35-24)17-10-16(39)9-14(3)22(17)30(32,33)34/h9-10,13,15,18-20,39H,7-8,11-12H2,1-6H3. The van der Waals surface area contributed by atoms with Gasteiger partial charge in [0.25, 0.3) is 0 Å². The highest BCUT2D eigenvalue weighted by atomic mass is 19.4. The van der Waals surface area contributed by atoms with Crippen LogP contribution in [-0.2, 0) is 10.9 Å². The molecule has 0 bridgehead atoms. The number of aromatic nitrogens is 3. The van der Waals surface area contributed by atoms with Gasteiger partial charge in [-0.05, 0) is 76.0 Å². The number of benzene rings is 1. The summed E-state index contributed by atoms with van der Waals surface area (Å²) in [5.74, 6) is -1.23. The molecule has 0 spiro atoms. The van der Waals surface area contributed by atoms with Gasteiger partial charge >= 0.3 is 12.3 Å². The number of carbonyl (C=O) groups is 1. The number of piperidine rings is 1. The van der Waals surface area contributed by atoms with Crippen molar-refractivity contribution in [1.29, 1.82) is 0 Å². The largest absolute Gasteiger partial charge is 0.508 e. The molecule has 11 heteroatoms. The normalized spacial score (nSPS) is 22.5. The summed E-state index contributed by atoms with van der Waals surface area (Å²) in [7, 11) is 0. The number of halogens is 4. The molecule has 1 N–H and O–H groups in total. The molecule has 1 aromatic carbocycles. The highest BCUT2D eigenvalue weighted by Gasteiger charge is 2.59. The van der Waals surface area contributed by atoms with Crippen molar-refractivity contribution in [3.63, 3.8) is 0 Å². The molecule has 7 nitrogen and oxygen atoms in total. The topological polar surface area (TPSA) is 80.5 Å². The second-order valence-electron chi connectivity index (χ2n) is 13.0. The van der Waals surface area contributed by atoms with Crippen molar-refractivity contribution < 1.29 is 32.2 Å². The number of aromatic hydroxyl groups is 1. The van der Waals surface area contributed by atoms with Crippen molar-refractivity contribution in [3.8, 4) is 17.0 Å². The van der Waals surface area contributed by atoms with E-state index in [0.29, 0.717) is 29.9 Å². The molecular formula is C30H34F4N4O3. The summed E-state index contributed by atoms with van der Waals surface area (Å²) in [5.41, 5.74) is -1.42. The number of alkyl halides is 3. The quantitative estimate of drug-likeness (QED) is 0.331. The van der Waals surface area contributed by atoms with Gasteiger partial charge in [0.15, 0.2) is 5.82 Å². The van der Waals surface area contributed by atoms with Crippen LogP contribution < -0.4 is 0 Å². The number of rotatable bonds is 4. The number of likely N-dealkylation sites (tertiary alicyclic amines) is 1. The van der Waals surface area contributed by atoms with Gasteiger partial charge in [-0.15, -0.1) is 0 Å². The molecule has 3 heterocycles. The minimum Gasteiger partial charge on any atom is -0.508 e. The van der Waals surface area contributed by atoms with Crippen molar-refractivity contribution in [2.75, 3.05) is 13.1 Å². The number of hydrogen-bond donors (Lipinski definition) is 1. The Labute approximate surface area is 235 Å². The van der Waals surface area contributed by atoms with Crippen molar-refractivity contribution in [2.45, 2.75) is 84.0 Å². The third-order valence-corrected chi connectivity index (χ3v) is 8.30. The van der Waals surface area contributed by atoms with E-state index in [2.05, 4.69) is 4.98 Å². The first-order chi connectivity index (χ1) is 19.1. The van der Waals surface area contributed by atoms with Gasteiger partial charge in [0.05, 0.1) is 23.0 Å². The fourth-order valence-corrected chi connectivity index (χ4v) is 6.40. The first-order valence-electron chi connectivity index (χ1n) is 14.1. The summed E-state index contributed by atoms with van der Waals surface area (Å²) in [5, 5.41) is 15.7. The molecule has 1 saturated heterocycles. The molecule has 3 fully saturated rings. The van der Waals surface area contributed by atoms with Gasteiger partial charge in [-0.2, -0.15) is 18.3 Å². The smallest absolute Gasteiger partial charge is 0.417 e. The van der Waals surface area contributed by atoms with Gasteiger partial charge < -0.3 is 14.7 Å². The summed E-state index contributed by atoms with van der Waals surface area (Å²) in [6.45, 7) is 11.5. The van der Waals surface area contributed by atoms with E-state index in [0.717, 1.165) is 25.0 Å². The highest BCUT2D eigenvalue weighted by Crippen LogP contribution is 2.60. The van der Waals surface area contributed by atoms with Crippen LogP contribution in [0.2, 0.25) is 0 Å². The first-order valence-corrected chi connectivity index (χ1v) is 14.1. The monoisotopic (exact) mass is 574 g/mol. The Balaban J connectivity index is 1.48. The number of aryl methyl sites for hydroxylation is 1. The molecule has 2 saturated carbocycles. The second kappa shape index (κ2) is 9.06. The van der Waals surface area contributed by atoms with Gasteiger partial charge in [-0.3, -0.25) is 4.68 Å². The van der Waals surface area contributed by atoms with Crippen LogP contribution in [0.15, 0.2) is 12.1 Å². The number of nitrogens with zero attached hydrogens (tertiary/aromatic N) is 4. The zero-order valence-corrected chi connectivity index (χ0v) is 23.9. The predicted molar refractivity (Wildman–Crippen MR) is 144 cm³/mol. The van der Waals surface area contributed by atoms with Crippen LogP contribution in [0, 0.1) is 24.6 Å². The van der Waals surface area contributed by atoms with Crippen LogP contribution in [0.4, 0.5) is 22.4 Å². The van der Waals surface area contributed by atoms with Crippen LogP contribution in [0.25, 0.3) is 22.2 Å². The Kier molecular flexibility index (Phi) is 6.14. The van der Waals surface area contributed by atoms with E-state index < -0.39 is 40.2 Å². The number of phenolic OH excluding ortho intramolecular Hbond substituents is 1. The van der Waals surface area contributed by atoms with Crippen LogP contribution in [0.1, 0.15) is 87.9 Å². The molecule has 3 aliphatic rings. The summed E-state index contributed by atoms with van der Waals surface area (Å²) >= 11 is 0. The molecule has 1 aliphatic heterocycles.